The molecule has 3 heterocycles. The van der Waals surface area contributed by atoms with Crippen molar-refractivity contribution in [2.75, 3.05) is 19.8 Å². The predicted octanol–water partition coefficient (Wildman–Crippen LogP) is 5.74. The number of likely N-dealkylation sites (tertiary alicyclic amines) is 1. The minimum absolute atomic E-state index is 0.0734. The van der Waals surface area contributed by atoms with E-state index in [1.165, 1.54) is 11.3 Å². The van der Waals surface area contributed by atoms with E-state index in [0.717, 1.165) is 32.1 Å². The number of thiophene rings is 1. The summed E-state index contributed by atoms with van der Waals surface area (Å²) < 4.78 is 5.53. The first-order valence-electron chi connectivity index (χ1n) is 13.8. The van der Waals surface area contributed by atoms with Gasteiger partial charge in [0.05, 0.1) is 17.5 Å². The third kappa shape index (κ3) is 6.83. The highest BCUT2D eigenvalue weighted by Gasteiger charge is 2.43. The number of hydrogen-bond acceptors (Lipinski definition) is 5. The lowest BCUT2D eigenvalue weighted by molar-refractivity contribution is -0.134. The van der Waals surface area contributed by atoms with Crippen LogP contribution in [0.4, 0.5) is 0 Å². The zero-order valence-corrected chi connectivity index (χ0v) is 23.5. The molecule has 1 aromatic rings. The van der Waals surface area contributed by atoms with Gasteiger partial charge >= 0.3 is 5.97 Å². The number of carboxylic acid groups (broad SMARTS) is 1. The molecule has 1 N–H and O–H groups in total. The number of amides is 1. The molecule has 3 fully saturated rings. The summed E-state index contributed by atoms with van der Waals surface area (Å²) in [6.45, 7) is 10.2. The predicted molar refractivity (Wildman–Crippen MR) is 145 cm³/mol. The summed E-state index contributed by atoms with van der Waals surface area (Å²) in [7, 11) is 0. The molecule has 6 nitrogen and oxygen atoms in total. The second-order valence-corrected chi connectivity index (χ2v) is 13.3. The van der Waals surface area contributed by atoms with E-state index in [4.69, 9.17) is 4.74 Å². The number of ether oxygens (including phenoxy) is 1. The average molecular weight is 528 g/mol. The molecule has 1 saturated carbocycles. The number of Topliss-reactive ketones (excluding diaryl/α,β-unsaturated/α-hetero) is 1. The number of ketones is 1. The first-order chi connectivity index (χ1) is 17.5. The van der Waals surface area contributed by atoms with Crippen molar-refractivity contribution in [3.05, 3.63) is 21.4 Å². The number of carboxylic acids is 1. The van der Waals surface area contributed by atoms with Crippen LogP contribution >= 0.6 is 11.3 Å². The summed E-state index contributed by atoms with van der Waals surface area (Å²) in [6.07, 6.45) is 6.45. The van der Waals surface area contributed by atoms with E-state index in [0.29, 0.717) is 55.4 Å². The van der Waals surface area contributed by atoms with Crippen LogP contribution < -0.4 is 0 Å². The minimum atomic E-state index is -0.993. The molecule has 2 aliphatic heterocycles. The molecule has 3 atom stereocenters. The molecule has 1 aliphatic carbocycles. The first-order valence-corrected chi connectivity index (χ1v) is 14.7. The Hall–Kier alpha value is -2.17. The van der Waals surface area contributed by atoms with Gasteiger partial charge in [-0.05, 0) is 76.3 Å². The van der Waals surface area contributed by atoms with E-state index in [2.05, 4.69) is 18.8 Å². The molecule has 3 aliphatic rings. The van der Waals surface area contributed by atoms with Gasteiger partial charge in [-0.15, -0.1) is 11.3 Å². The molecule has 0 bridgehead atoms. The summed E-state index contributed by atoms with van der Waals surface area (Å²) in [5.41, 5.74) is 0.464. The lowest BCUT2D eigenvalue weighted by Crippen LogP contribution is -2.38. The standard InChI is InChI=1S/C30H41NO5S/c1-19-5-7-20(8-6-19)26(32)10-9-23(24-12-15-31(28(24)33)21-13-16-36-18-21)25-17-22(11-14-30(2,3)4)37-27(25)29(34)35/h17,19-21,23-24H,5-10,12-13,15-16,18H2,1-4H3,(H,34,35). The van der Waals surface area contributed by atoms with E-state index >= 15 is 0 Å². The van der Waals surface area contributed by atoms with Crippen molar-refractivity contribution in [2.24, 2.45) is 23.2 Å². The Morgan fingerprint density at radius 3 is 2.54 bits per heavy atom. The Bertz CT molecular complexity index is 1060. The quantitative estimate of drug-likeness (QED) is 0.436. The van der Waals surface area contributed by atoms with Crippen molar-refractivity contribution in [2.45, 2.75) is 91.0 Å². The second-order valence-electron chi connectivity index (χ2n) is 12.2. The van der Waals surface area contributed by atoms with Gasteiger partial charge in [0.1, 0.15) is 10.7 Å². The van der Waals surface area contributed by atoms with Gasteiger partial charge in [-0.1, -0.05) is 31.6 Å². The fraction of sp³-hybridized carbons (Fsp3) is 0.700. The van der Waals surface area contributed by atoms with Gasteiger partial charge in [-0.25, -0.2) is 4.79 Å². The highest BCUT2D eigenvalue weighted by atomic mass is 32.1. The molecular formula is C30H41NO5S. The number of hydrogen-bond donors (Lipinski definition) is 1. The van der Waals surface area contributed by atoms with Crippen LogP contribution in [0.25, 0.3) is 0 Å². The van der Waals surface area contributed by atoms with Gasteiger partial charge in [-0.2, -0.15) is 0 Å². The summed E-state index contributed by atoms with van der Waals surface area (Å²) in [6, 6.07) is 1.97. The van der Waals surface area contributed by atoms with Crippen LogP contribution in [-0.2, 0) is 14.3 Å². The first kappa shape index (κ1) is 27.9. The number of aromatic carboxylic acids is 1. The molecule has 7 heteroatoms. The molecule has 37 heavy (non-hydrogen) atoms. The molecule has 2 saturated heterocycles. The number of nitrogens with zero attached hydrogens (tertiary/aromatic N) is 1. The molecule has 4 rings (SSSR count). The van der Waals surface area contributed by atoms with Gasteiger partial charge in [0, 0.05) is 36.8 Å². The molecule has 0 radical (unpaired) electrons. The Balaban J connectivity index is 1.61. The van der Waals surface area contributed by atoms with E-state index < -0.39 is 5.97 Å². The van der Waals surface area contributed by atoms with Crippen LogP contribution in [0.1, 0.15) is 105 Å². The van der Waals surface area contributed by atoms with Crippen LogP contribution in [0, 0.1) is 35.0 Å². The van der Waals surface area contributed by atoms with Crippen LogP contribution in [0.3, 0.4) is 0 Å². The van der Waals surface area contributed by atoms with Crippen LogP contribution in [0.5, 0.6) is 0 Å². The molecular weight excluding hydrogens is 486 g/mol. The van der Waals surface area contributed by atoms with Crippen molar-refractivity contribution >= 4 is 29.0 Å². The van der Waals surface area contributed by atoms with Gasteiger partial charge in [0.2, 0.25) is 5.91 Å². The van der Waals surface area contributed by atoms with E-state index in [9.17, 15) is 19.5 Å². The fourth-order valence-corrected chi connectivity index (χ4v) is 6.97. The van der Waals surface area contributed by atoms with Gasteiger partial charge in [-0.3, -0.25) is 9.59 Å². The average Bonchev–Trinajstić information content (AvgIpc) is 3.58. The van der Waals surface area contributed by atoms with Gasteiger partial charge in [0.25, 0.3) is 0 Å². The molecule has 1 aromatic heterocycles. The molecule has 3 unspecified atom stereocenters. The van der Waals surface area contributed by atoms with Crippen LogP contribution in [0.2, 0.25) is 0 Å². The largest absolute Gasteiger partial charge is 0.477 e. The summed E-state index contributed by atoms with van der Waals surface area (Å²) in [4.78, 5) is 42.0. The van der Waals surface area contributed by atoms with Crippen molar-refractivity contribution in [1.82, 2.24) is 4.90 Å². The maximum absolute atomic E-state index is 13.6. The van der Waals surface area contributed by atoms with Crippen LogP contribution in [-0.4, -0.2) is 53.5 Å². The highest BCUT2D eigenvalue weighted by Crippen LogP contribution is 2.42. The van der Waals surface area contributed by atoms with E-state index in [1.807, 2.05) is 31.7 Å². The number of carbonyl (C=O) groups excluding carboxylic acids is 2. The maximum atomic E-state index is 13.6. The molecule has 0 spiro atoms. The summed E-state index contributed by atoms with van der Waals surface area (Å²) >= 11 is 1.18. The van der Waals surface area contributed by atoms with Crippen molar-refractivity contribution in [3.63, 3.8) is 0 Å². The van der Waals surface area contributed by atoms with Gasteiger partial charge < -0.3 is 14.7 Å². The number of rotatable bonds is 8. The van der Waals surface area contributed by atoms with Crippen molar-refractivity contribution in [1.29, 1.82) is 0 Å². The maximum Gasteiger partial charge on any atom is 0.346 e. The third-order valence-electron chi connectivity index (χ3n) is 8.20. The Morgan fingerprint density at radius 2 is 1.92 bits per heavy atom. The Labute approximate surface area is 225 Å². The van der Waals surface area contributed by atoms with Crippen molar-refractivity contribution < 1.29 is 24.2 Å². The number of carbonyl (C=O) groups is 3. The molecule has 1 amide bonds. The highest BCUT2D eigenvalue weighted by molar-refractivity contribution is 7.14. The third-order valence-corrected chi connectivity index (χ3v) is 9.26. The smallest absolute Gasteiger partial charge is 0.346 e. The monoisotopic (exact) mass is 527 g/mol. The van der Waals surface area contributed by atoms with Crippen LogP contribution in [0.15, 0.2) is 6.07 Å². The van der Waals surface area contributed by atoms with Gasteiger partial charge in [0.15, 0.2) is 0 Å². The fourth-order valence-electron chi connectivity index (χ4n) is 6.04. The Morgan fingerprint density at radius 1 is 1.19 bits per heavy atom. The SMILES string of the molecule is CC1CCC(C(=O)CCC(c2cc(C#CC(C)(C)C)sc2C(=O)O)C2CCN(C3CCOC3)C2=O)CC1. The zero-order chi connectivity index (χ0) is 26.7. The topological polar surface area (TPSA) is 83.9 Å². The normalized spacial score (nSPS) is 27.1. The second kappa shape index (κ2) is 11.7. The zero-order valence-electron chi connectivity index (χ0n) is 22.7. The molecule has 202 valence electrons. The summed E-state index contributed by atoms with van der Waals surface area (Å²) in [5.74, 6) is 5.85. The minimum Gasteiger partial charge on any atom is -0.477 e. The lowest BCUT2D eigenvalue weighted by Gasteiger charge is -2.28. The van der Waals surface area contributed by atoms with Crippen molar-refractivity contribution in [3.8, 4) is 11.8 Å². The molecule has 0 aromatic carbocycles. The summed E-state index contributed by atoms with van der Waals surface area (Å²) in [5, 5.41) is 10.1. The van der Waals surface area contributed by atoms with E-state index in [-0.39, 0.29) is 45.8 Å². The Kier molecular flexibility index (Phi) is 8.81. The lowest BCUT2D eigenvalue weighted by atomic mass is 9.77. The van der Waals surface area contributed by atoms with E-state index in [1.54, 1.807) is 0 Å².